The lowest BCUT2D eigenvalue weighted by molar-refractivity contribution is -0.919. The van der Waals surface area contributed by atoms with Crippen LogP contribution in [0.2, 0.25) is 0 Å². The van der Waals surface area contributed by atoms with Gasteiger partial charge < -0.3 is 9.80 Å². The highest BCUT2D eigenvalue weighted by Crippen LogP contribution is 2.21. The zero-order valence-electron chi connectivity index (χ0n) is 14.1. The summed E-state index contributed by atoms with van der Waals surface area (Å²) in [5.41, 5.74) is 1.39. The van der Waals surface area contributed by atoms with Crippen molar-refractivity contribution in [1.29, 1.82) is 0 Å². The number of carbonyl (C=O) groups excluding carboxylic acids is 1. The Morgan fingerprint density at radius 2 is 1.74 bits per heavy atom. The third kappa shape index (κ3) is 4.57. The second-order valence-corrected chi connectivity index (χ2v) is 8.25. The molecule has 4 heteroatoms. The SMILES string of the molecule is CC1CCN(C(=O)C2CC[NH+](Cc3ccc(Br)cc3)CC2)CC1. The first-order valence-electron chi connectivity index (χ1n) is 8.98. The Labute approximate surface area is 148 Å². The minimum atomic E-state index is 0.275. The van der Waals surface area contributed by atoms with Gasteiger partial charge in [0.05, 0.1) is 13.1 Å². The molecule has 1 aromatic carbocycles. The first-order valence-corrected chi connectivity index (χ1v) is 9.78. The van der Waals surface area contributed by atoms with E-state index >= 15 is 0 Å². The normalized spacial score (nSPS) is 26.3. The minimum Gasteiger partial charge on any atom is -0.342 e. The quantitative estimate of drug-likeness (QED) is 0.857. The van der Waals surface area contributed by atoms with Crippen LogP contribution in [0.4, 0.5) is 0 Å². The van der Waals surface area contributed by atoms with Crippen molar-refractivity contribution in [3.05, 3.63) is 34.3 Å². The summed E-state index contributed by atoms with van der Waals surface area (Å²) in [6, 6.07) is 8.62. The van der Waals surface area contributed by atoms with E-state index in [2.05, 4.69) is 52.0 Å². The van der Waals surface area contributed by atoms with Gasteiger partial charge in [-0.15, -0.1) is 0 Å². The van der Waals surface area contributed by atoms with Gasteiger partial charge in [0.25, 0.3) is 0 Å². The Hall–Kier alpha value is -0.870. The number of hydrogen-bond acceptors (Lipinski definition) is 1. The van der Waals surface area contributed by atoms with Crippen LogP contribution in [0.15, 0.2) is 28.7 Å². The summed E-state index contributed by atoms with van der Waals surface area (Å²) in [5.74, 6) is 1.49. The summed E-state index contributed by atoms with van der Waals surface area (Å²) in [5, 5.41) is 0. The van der Waals surface area contributed by atoms with Gasteiger partial charge in [-0.1, -0.05) is 35.0 Å². The summed E-state index contributed by atoms with van der Waals surface area (Å²) < 4.78 is 1.14. The van der Waals surface area contributed by atoms with E-state index in [-0.39, 0.29) is 5.92 Å². The van der Waals surface area contributed by atoms with Crippen LogP contribution in [-0.4, -0.2) is 37.0 Å². The highest BCUT2D eigenvalue weighted by atomic mass is 79.9. The highest BCUT2D eigenvalue weighted by molar-refractivity contribution is 9.10. The zero-order valence-corrected chi connectivity index (χ0v) is 15.6. The molecule has 2 saturated heterocycles. The Kier molecular flexibility index (Phi) is 5.76. The number of amides is 1. The van der Waals surface area contributed by atoms with Crippen LogP contribution in [0.1, 0.15) is 38.2 Å². The topological polar surface area (TPSA) is 24.8 Å². The molecular weight excluding hydrogens is 352 g/mol. The molecule has 0 aliphatic carbocycles. The Morgan fingerprint density at radius 3 is 2.35 bits per heavy atom. The van der Waals surface area contributed by atoms with Crippen molar-refractivity contribution in [2.75, 3.05) is 26.2 Å². The van der Waals surface area contributed by atoms with Crippen LogP contribution in [-0.2, 0) is 11.3 Å². The van der Waals surface area contributed by atoms with Crippen LogP contribution in [0.5, 0.6) is 0 Å². The molecule has 126 valence electrons. The molecular formula is C19H28BrN2O+. The van der Waals surface area contributed by atoms with Crippen molar-refractivity contribution < 1.29 is 9.69 Å². The van der Waals surface area contributed by atoms with Gasteiger partial charge >= 0.3 is 0 Å². The summed E-state index contributed by atoms with van der Waals surface area (Å²) in [7, 11) is 0. The molecule has 1 aromatic rings. The number of rotatable bonds is 3. The first-order chi connectivity index (χ1) is 11.1. The fourth-order valence-electron chi connectivity index (χ4n) is 3.83. The second-order valence-electron chi connectivity index (χ2n) is 7.34. The maximum atomic E-state index is 12.7. The monoisotopic (exact) mass is 379 g/mol. The van der Waals surface area contributed by atoms with Gasteiger partial charge in [0.1, 0.15) is 6.54 Å². The summed E-state index contributed by atoms with van der Waals surface area (Å²) in [4.78, 5) is 16.4. The minimum absolute atomic E-state index is 0.275. The van der Waals surface area contributed by atoms with Crippen LogP contribution in [0.3, 0.4) is 0 Å². The Bertz CT molecular complexity index is 515. The molecule has 1 N–H and O–H groups in total. The number of likely N-dealkylation sites (tertiary alicyclic amines) is 2. The fourth-order valence-corrected chi connectivity index (χ4v) is 4.09. The summed E-state index contributed by atoms with van der Waals surface area (Å²) >= 11 is 3.49. The number of quaternary nitrogens is 1. The molecule has 2 aliphatic rings. The van der Waals surface area contributed by atoms with Crippen LogP contribution < -0.4 is 4.90 Å². The number of hydrogen-bond donors (Lipinski definition) is 1. The van der Waals surface area contributed by atoms with Crippen molar-refractivity contribution in [2.45, 2.75) is 39.2 Å². The number of nitrogens with one attached hydrogen (secondary N) is 1. The van der Waals surface area contributed by atoms with E-state index in [1.54, 1.807) is 4.90 Å². The molecule has 0 radical (unpaired) electrons. The van der Waals surface area contributed by atoms with E-state index in [4.69, 9.17) is 0 Å². The molecule has 2 heterocycles. The smallest absolute Gasteiger partial charge is 0.226 e. The Morgan fingerprint density at radius 1 is 1.13 bits per heavy atom. The average molecular weight is 380 g/mol. The number of piperidine rings is 2. The molecule has 23 heavy (non-hydrogen) atoms. The van der Waals surface area contributed by atoms with Crippen molar-refractivity contribution >= 4 is 21.8 Å². The standard InChI is InChI=1S/C19H27BrN2O/c1-15-6-12-22(13-7-15)19(23)17-8-10-21(11-9-17)14-16-2-4-18(20)5-3-16/h2-5,15,17H,6-14H2,1H3/p+1. The molecule has 3 nitrogen and oxygen atoms in total. The molecule has 0 atom stereocenters. The molecule has 2 aliphatic heterocycles. The number of nitrogens with zero attached hydrogens (tertiary/aromatic N) is 1. The Balaban J connectivity index is 1.46. The fraction of sp³-hybridized carbons (Fsp3) is 0.632. The number of carbonyl (C=O) groups is 1. The van der Waals surface area contributed by atoms with E-state index in [0.717, 1.165) is 56.0 Å². The molecule has 2 fully saturated rings. The zero-order chi connectivity index (χ0) is 16.2. The van der Waals surface area contributed by atoms with Gasteiger partial charge in [-0.25, -0.2) is 0 Å². The van der Waals surface area contributed by atoms with E-state index in [0.29, 0.717) is 5.91 Å². The lowest BCUT2D eigenvalue weighted by Gasteiger charge is -2.35. The van der Waals surface area contributed by atoms with E-state index in [1.165, 1.54) is 18.4 Å². The molecule has 0 aromatic heterocycles. The largest absolute Gasteiger partial charge is 0.342 e. The van der Waals surface area contributed by atoms with Crippen molar-refractivity contribution in [2.24, 2.45) is 11.8 Å². The predicted molar refractivity (Wildman–Crippen MR) is 96.2 cm³/mol. The molecule has 0 spiro atoms. The van der Waals surface area contributed by atoms with Gasteiger partial charge in [-0.3, -0.25) is 4.79 Å². The first kappa shape index (κ1) is 17.0. The molecule has 0 unspecified atom stereocenters. The van der Waals surface area contributed by atoms with Crippen molar-refractivity contribution in [3.8, 4) is 0 Å². The number of halogens is 1. The average Bonchev–Trinajstić information content (AvgIpc) is 2.58. The lowest BCUT2D eigenvalue weighted by Crippen LogP contribution is -3.11. The summed E-state index contributed by atoms with van der Waals surface area (Å²) in [6.07, 6.45) is 4.46. The van der Waals surface area contributed by atoms with Crippen LogP contribution >= 0.6 is 15.9 Å². The third-order valence-electron chi connectivity index (χ3n) is 5.50. The van der Waals surface area contributed by atoms with Gasteiger partial charge in [0.2, 0.25) is 5.91 Å². The number of benzene rings is 1. The van der Waals surface area contributed by atoms with E-state index in [9.17, 15) is 4.79 Å². The van der Waals surface area contributed by atoms with Gasteiger partial charge in [-0.2, -0.15) is 0 Å². The van der Waals surface area contributed by atoms with Crippen molar-refractivity contribution in [1.82, 2.24) is 4.90 Å². The molecule has 0 saturated carbocycles. The summed E-state index contributed by atoms with van der Waals surface area (Å²) in [6.45, 7) is 7.58. The molecule has 3 rings (SSSR count). The second kappa shape index (κ2) is 7.80. The van der Waals surface area contributed by atoms with Gasteiger partial charge in [0.15, 0.2) is 0 Å². The maximum Gasteiger partial charge on any atom is 0.226 e. The van der Waals surface area contributed by atoms with Gasteiger partial charge in [-0.05, 0) is 30.9 Å². The van der Waals surface area contributed by atoms with E-state index in [1.807, 2.05) is 0 Å². The van der Waals surface area contributed by atoms with Crippen LogP contribution in [0.25, 0.3) is 0 Å². The van der Waals surface area contributed by atoms with Crippen molar-refractivity contribution in [3.63, 3.8) is 0 Å². The van der Waals surface area contributed by atoms with Crippen LogP contribution in [0, 0.1) is 11.8 Å². The molecule has 1 amide bonds. The highest BCUT2D eigenvalue weighted by Gasteiger charge is 2.31. The van der Waals surface area contributed by atoms with E-state index < -0.39 is 0 Å². The third-order valence-corrected chi connectivity index (χ3v) is 6.03. The van der Waals surface area contributed by atoms with Gasteiger partial charge in [0, 0.05) is 41.9 Å². The predicted octanol–water partition coefficient (Wildman–Crippen LogP) is 2.50. The lowest BCUT2D eigenvalue weighted by atomic mass is 9.92. The maximum absolute atomic E-state index is 12.7. The molecule has 0 bridgehead atoms.